The Morgan fingerprint density at radius 1 is 1.53 bits per heavy atom. The van der Waals surface area contributed by atoms with Crippen LogP contribution >= 0.6 is 0 Å². The molecule has 1 aliphatic heterocycles. The minimum Gasteiger partial charge on any atom is -0.488 e. The van der Waals surface area contributed by atoms with Crippen LogP contribution in [0.4, 0.5) is 0 Å². The van der Waals surface area contributed by atoms with E-state index in [1.807, 2.05) is 32.9 Å². The van der Waals surface area contributed by atoms with Crippen LogP contribution in [0, 0.1) is 6.92 Å². The fourth-order valence-electron chi connectivity index (χ4n) is 2.55. The van der Waals surface area contributed by atoms with E-state index in [1.54, 1.807) is 0 Å². The summed E-state index contributed by atoms with van der Waals surface area (Å²) in [5, 5.41) is 0. The Morgan fingerprint density at radius 3 is 2.88 bits per heavy atom. The van der Waals surface area contributed by atoms with Gasteiger partial charge in [-0.15, -0.1) is 0 Å². The van der Waals surface area contributed by atoms with Gasteiger partial charge in [-0.05, 0) is 38.8 Å². The van der Waals surface area contributed by atoms with Crippen LogP contribution in [0.5, 0.6) is 5.75 Å². The van der Waals surface area contributed by atoms with E-state index in [0.29, 0.717) is 6.42 Å². The highest BCUT2D eigenvalue weighted by Gasteiger charge is 2.34. The molecule has 0 spiro atoms. The van der Waals surface area contributed by atoms with Gasteiger partial charge in [0.05, 0.1) is 0 Å². The summed E-state index contributed by atoms with van der Waals surface area (Å²) in [6.45, 7) is 6.13. The molecule has 1 aromatic rings. The molecular formula is C14H19NO2. The Kier molecular flexibility index (Phi) is 2.86. The number of nitrogens with two attached hydrogens (primary N) is 1. The van der Waals surface area contributed by atoms with E-state index in [2.05, 4.69) is 6.07 Å². The Labute approximate surface area is 102 Å². The molecule has 1 aromatic carbocycles. The maximum Gasteiger partial charge on any atom is 0.218 e. The lowest BCUT2D eigenvalue weighted by atomic mass is 9.82. The maximum absolute atomic E-state index is 11.2. The molecule has 0 saturated carbocycles. The molecule has 1 amide bonds. The van der Waals surface area contributed by atoms with E-state index in [1.165, 1.54) is 5.56 Å². The number of carbonyl (C=O) groups excluding carboxylic acids is 1. The second kappa shape index (κ2) is 4.06. The zero-order valence-corrected chi connectivity index (χ0v) is 10.6. The summed E-state index contributed by atoms with van der Waals surface area (Å²) in [6.07, 6.45) is 1.22. The number of hydrogen-bond donors (Lipinski definition) is 1. The average Bonchev–Trinajstić information content (AvgIpc) is 2.17. The number of carbonyl (C=O) groups is 1. The second-order valence-corrected chi connectivity index (χ2v) is 5.47. The molecule has 1 aliphatic rings. The first-order valence-electron chi connectivity index (χ1n) is 5.95. The normalized spacial score (nSPS) is 21.5. The standard InChI is InChI=1S/C14H19NO2/c1-9-4-5-12-11(6-9)10(7-13(15)16)8-14(2,3)17-12/h4-6,10H,7-8H2,1-3H3,(H2,15,16). The largest absolute Gasteiger partial charge is 0.488 e. The quantitative estimate of drug-likeness (QED) is 0.853. The van der Waals surface area contributed by atoms with Crippen molar-refractivity contribution in [1.82, 2.24) is 0 Å². The number of primary amides is 1. The van der Waals surface area contributed by atoms with Gasteiger partial charge in [0.1, 0.15) is 11.4 Å². The van der Waals surface area contributed by atoms with Gasteiger partial charge in [-0.3, -0.25) is 4.79 Å². The molecular weight excluding hydrogens is 214 g/mol. The third-order valence-electron chi connectivity index (χ3n) is 3.18. The lowest BCUT2D eigenvalue weighted by molar-refractivity contribution is -0.118. The van der Waals surface area contributed by atoms with Crippen molar-refractivity contribution in [3.8, 4) is 5.75 Å². The molecule has 1 atom stereocenters. The van der Waals surface area contributed by atoms with Crippen LogP contribution in [0.15, 0.2) is 18.2 Å². The number of benzene rings is 1. The molecule has 1 heterocycles. The molecule has 1 unspecified atom stereocenters. The van der Waals surface area contributed by atoms with Crippen molar-refractivity contribution in [3.63, 3.8) is 0 Å². The van der Waals surface area contributed by atoms with Gasteiger partial charge in [0.15, 0.2) is 0 Å². The van der Waals surface area contributed by atoms with Crippen molar-refractivity contribution in [2.24, 2.45) is 5.73 Å². The Hall–Kier alpha value is -1.51. The summed E-state index contributed by atoms with van der Waals surface area (Å²) in [6, 6.07) is 6.11. The molecule has 3 nitrogen and oxygen atoms in total. The van der Waals surface area contributed by atoms with E-state index >= 15 is 0 Å². The maximum atomic E-state index is 11.2. The van der Waals surface area contributed by atoms with Crippen LogP contribution in [-0.4, -0.2) is 11.5 Å². The van der Waals surface area contributed by atoms with E-state index in [0.717, 1.165) is 17.7 Å². The van der Waals surface area contributed by atoms with E-state index in [4.69, 9.17) is 10.5 Å². The molecule has 2 N–H and O–H groups in total. The van der Waals surface area contributed by atoms with Gasteiger partial charge in [-0.25, -0.2) is 0 Å². The van der Waals surface area contributed by atoms with Crippen molar-refractivity contribution in [2.45, 2.75) is 45.1 Å². The average molecular weight is 233 g/mol. The van der Waals surface area contributed by atoms with Crippen LogP contribution in [0.25, 0.3) is 0 Å². The molecule has 0 saturated heterocycles. The van der Waals surface area contributed by atoms with Crippen LogP contribution in [-0.2, 0) is 4.79 Å². The fraction of sp³-hybridized carbons (Fsp3) is 0.500. The second-order valence-electron chi connectivity index (χ2n) is 5.47. The van der Waals surface area contributed by atoms with Crippen LogP contribution in [0.2, 0.25) is 0 Å². The zero-order chi connectivity index (χ0) is 12.6. The number of aryl methyl sites for hydroxylation is 1. The lowest BCUT2D eigenvalue weighted by Gasteiger charge is -2.37. The first-order valence-corrected chi connectivity index (χ1v) is 5.95. The first kappa shape index (κ1) is 12.0. The summed E-state index contributed by atoms with van der Waals surface area (Å²) in [5.74, 6) is 0.810. The van der Waals surface area contributed by atoms with Gasteiger partial charge < -0.3 is 10.5 Å². The topological polar surface area (TPSA) is 52.3 Å². The molecule has 17 heavy (non-hydrogen) atoms. The fourth-order valence-corrected chi connectivity index (χ4v) is 2.55. The van der Waals surface area contributed by atoms with Gasteiger partial charge in [-0.1, -0.05) is 17.7 Å². The smallest absolute Gasteiger partial charge is 0.218 e. The van der Waals surface area contributed by atoms with Crippen molar-refractivity contribution >= 4 is 5.91 Å². The van der Waals surface area contributed by atoms with Gasteiger partial charge in [0.25, 0.3) is 0 Å². The Bertz CT molecular complexity index is 452. The number of fused-ring (bicyclic) bond motifs is 1. The summed E-state index contributed by atoms with van der Waals surface area (Å²) in [4.78, 5) is 11.2. The highest BCUT2D eigenvalue weighted by atomic mass is 16.5. The number of ether oxygens (including phenoxy) is 1. The van der Waals surface area contributed by atoms with Crippen molar-refractivity contribution in [2.75, 3.05) is 0 Å². The third kappa shape index (κ3) is 2.60. The number of hydrogen-bond acceptors (Lipinski definition) is 2. The van der Waals surface area contributed by atoms with E-state index in [-0.39, 0.29) is 17.4 Å². The first-order chi connectivity index (χ1) is 7.87. The molecule has 92 valence electrons. The van der Waals surface area contributed by atoms with Crippen LogP contribution < -0.4 is 10.5 Å². The number of amides is 1. The Balaban J connectivity index is 2.40. The SMILES string of the molecule is Cc1ccc2c(c1)C(CC(N)=O)CC(C)(C)O2. The summed E-state index contributed by atoms with van der Waals surface area (Å²) in [5.41, 5.74) is 7.39. The third-order valence-corrected chi connectivity index (χ3v) is 3.18. The molecule has 0 aromatic heterocycles. The van der Waals surface area contributed by atoms with Gasteiger partial charge in [-0.2, -0.15) is 0 Å². The summed E-state index contributed by atoms with van der Waals surface area (Å²) >= 11 is 0. The van der Waals surface area contributed by atoms with Crippen molar-refractivity contribution in [1.29, 1.82) is 0 Å². The highest BCUT2D eigenvalue weighted by molar-refractivity contribution is 5.75. The minimum absolute atomic E-state index is 0.172. The van der Waals surface area contributed by atoms with Gasteiger partial charge in [0.2, 0.25) is 5.91 Å². The minimum atomic E-state index is -0.250. The summed E-state index contributed by atoms with van der Waals surface area (Å²) in [7, 11) is 0. The molecule has 0 aliphatic carbocycles. The monoisotopic (exact) mass is 233 g/mol. The van der Waals surface area contributed by atoms with Gasteiger partial charge in [0, 0.05) is 12.3 Å². The van der Waals surface area contributed by atoms with Crippen LogP contribution in [0.3, 0.4) is 0 Å². The molecule has 0 fully saturated rings. The van der Waals surface area contributed by atoms with E-state index < -0.39 is 0 Å². The summed E-state index contributed by atoms with van der Waals surface area (Å²) < 4.78 is 5.93. The van der Waals surface area contributed by atoms with Crippen LogP contribution in [0.1, 0.15) is 43.7 Å². The van der Waals surface area contributed by atoms with Crippen molar-refractivity contribution in [3.05, 3.63) is 29.3 Å². The highest BCUT2D eigenvalue weighted by Crippen LogP contribution is 2.42. The van der Waals surface area contributed by atoms with Gasteiger partial charge >= 0.3 is 0 Å². The molecule has 3 heteroatoms. The lowest BCUT2D eigenvalue weighted by Crippen LogP contribution is -2.36. The predicted molar refractivity (Wildman–Crippen MR) is 67.1 cm³/mol. The zero-order valence-electron chi connectivity index (χ0n) is 10.6. The number of rotatable bonds is 2. The predicted octanol–water partition coefficient (Wildman–Crippen LogP) is 2.52. The molecule has 0 radical (unpaired) electrons. The Morgan fingerprint density at radius 2 is 2.24 bits per heavy atom. The van der Waals surface area contributed by atoms with Crippen molar-refractivity contribution < 1.29 is 9.53 Å². The molecule has 0 bridgehead atoms. The molecule has 2 rings (SSSR count). The van der Waals surface area contributed by atoms with E-state index in [9.17, 15) is 4.79 Å².